The van der Waals surface area contributed by atoms with Gasteiger partial charge in [-0.3, -0.25) is 4.98 Å². The summed E-state index contributed by atoms with van der Waals surface area (Å²) >= 11 is 5.99. The second kappa shape index (κ2) is 4.52. The molecule has 0 aliphatic rings. The second-order valence-electron chi connectivity index (χ2n) is 4.33. The molecule has 1 aromatic carbocycles. The number of rotatable bonds is 1. The Kier molecular flexibility index (Phi) is 2.84. The number of fused-ring (bicyclic) bond motifs is 1. The van der Waals surface area contributed by atoms with Crippen molar-refractivity contribution in [2.24, 2.45) is 0 Å². The average molecular weight is 271 g/mol. The van der Waals surface area contributed by atoms with Crippen LogP contribution in [0.2, 0.25) is 5.02 Å². The SMILES string of the molecule is Cc1cc(Cl)c(O)c2nc(-c3ccccn3)ccc12. The summed E-state index contributed by atoms with van der Waals surface area (Å²) in [5.41, 5.74) is 2.97. The highest BCUT2D eigenvalue weighted by molar-refractivity contribution is 6.33. The van der Waals surface area contributed by atoms with Crippen LogP contribution in [0.25, 0.3) is 22.3 Å². The molecule has 0 aliphatic heterocycles. The van der Waals surface area contributed by atoms with E-state index < -0.39 is 0 Å². The molecule has 0 amide bonds. The molecule has 19 heavy (non-hydrogen) atoms. The standard InChI is InChI=1S/C15H11ClN2O/c1-9-8-11(16)15(19)14-10(9)5-6-13(18-14)12-4-2-3-7-17-12/h2-8,19H,1H3. The highest BCUT2D eigenvalue weighted by atomic mass is 35.5. The Morgan fingerprint density at radius 2 is 1.95 bits per heavy atom. The fourth-order valence-corrected chi connectivity index (χ4v) is 2.32. The molecule has 0 bridgehead atoms. The molecule has 0 spiro atoms. The van der Waals surface area contributed by atoms with Gasteiger partial charge in [0.1, 0.15) is 5.52 Å². The molecule has 0 radical (unpaired) electrons. The van der Waals surface area contributed by atoms with E-state index in [0.717, 1.165) is 16.6 Å². The minimum Gasteiger partial charge on any atom is -0.504 e. The number of aromatic nitrogens is 2. The van der Waals surface area contributed by atoms with Crippen molar-refractivity contribution in [1.29, 1.82) is 0 Å². The number of hydrogen-bond acceptors (Lipinski definition) is 3. The smallest absolute Gasteiger partial charge is 0.160 e. The number of phenolic OH excluding ortho intramolecular Hbond substituents is 1. The van der Waals surface area contributed by atoms with Crippen LogP contribution in [0.4, 0.5) is 0 Å². The zero-order valence-electron chi connectivity index (χ0n) is 10.3. The molecule has 0 aliphatic carbocycles. The third kappa shape index (κ3) is 2.02. The van der Waals surface area contributed by atoms with Crippen molar-refractivity contribution in [3.05, 3.63) is 53.2 Å². The van der Waals surface area contributed by atoms with E-state index in [4.69, 9.17) is 11.6 Å². The predicted octanol–water partition coefficient (Wildman–Crippen LogP) is 3.96. The van der Waals surface area contributed by atoms with E-state index in [0.29, 0.717) is 16.2 Å². The molecule has 3 aromatic rings. The normalized spacial score (nSPS) is 10.8. The van der Waals surface area contributed by atoms with Gasteiger partial charge in [0.2, 0.25) is 0 Å². The van der Waals surface area contributed by atoms with Gasteiger partial charge in [0, 0.05) is 11.6 Å². The number of phenols is 1. The summed E-state index contributed by atoms with van der Waals surface area (Å²) in [7, 11) is 0. The van der Waals surface area contributed by atoms with Crippen molar-refractivity contribution in [3.8, 4) is 17.1 Å². The van der Waals surface area contributed by atoms with Gasteiger partial charge >= 0.3 is 0 Å². The molecule has 0 unspecified atom stereocenters. The lowest BCUT2D eigenvalue weighted by Crippen LogP contribution is -1.90. The van der Waals surface area contributed by atoms with E-state index in [1.807, 2.05) is 37.3 Å². The van der Waals surface area contributed by atoms with E-state index in [1.165, 1.54) is 0 Å². The molecule has 2 aromatic heterocycles. The van der Waals surface area contributed by atoms with Gasteiger partial charge in [0.25, 0.3) is 0 Å². The van der Waals surface area contributed by atoms with Gasteiger partial charge in [-0.05, 0) is 36.8 Å². The Morgan fingerprint density at radius 1 is 1.11 bits per heavy atom. The summed E-state index contributed by atoms with van der Waals surface area (Å²) in [5, 5.41) is 11.2. The molecule has 3 rings (SSSR count). The first-order chi connectivity index (χ1) is 9.16. The van der Waals surface area contributed by atoms with E-state index >= 15 is 0 Å². The molecule has 0 fully saturated rings. The summed E-state index contributed by atoms with van der Waals surface area (Å²) in [6.07, 6.45) is 1.71. The van der Waals surface area contributed by atoms with Gasteiger partial charge in [0.05, 0.1) is 16.4 Å². The first-order valence-corrected chi connectivity index (χ1v) is 6.25. The molecule has 0 saturated heterocycles. The van der Waals surface area contributed by atoms with Gasteiger partial charge in [-0.25, -0.2) is 4.98 Å². The molecular formula is C15H11ClN2O. The maximum atomic E-state index is 10.0. The Labute approximate surface area is 115 Å². The van der Waals surface area contributed by atoms with Crippen molar-refractivity contribution in [3.63, 3.8) is 0 Å². The zero-order chi connectivity index (χ0) is 13.4. The maximum absolute atomic E-state index is 10.0. The van der Waals surface area contributed by atoms with Gasteiger partial charge < -0.3 is 5.11 Å². The molecule has 1 N–H and O–H groups in total. The van der Waals surface area contributed by atoms with E-state index in [2.05, 4.69) is 9.97 Å². The fraction of sp³-hybridized carbons (Fsp3) is 0.0667. The maximum Gasteiger partial charge on any atom is 0.160 e. The number of aromatic hydroxyl groups is 1. The number of aryl methyl sites for hydroxylation is 1. The minimum absolute atomic E-state index is 0.0139. The highest BCUT2D eigenvalue weighted by Crippen LogP contribution is 2.34. The summed E-state index contributed by atoms with van der Waals surface area (Å²) < 4.78 is 0. The van der Waals surface area contributed by atoms with Gasteiger partial charge in [-0.15, -0.1) is 0 Å². The average Bonchev–Trinajstić information content (AvgIpc) is 2.45. The van der Waals surface area contributed by atoms with Gasteiger partial charge in [0.15, 0.2) is 5.75 Å². The molecule has 0 saturated carbocycles. The van der Waals surface area contributed by atoms with Gasteiger partial charge in [-0.1, -0.05) is 23.7 Å². The van der Waals surface area contributed by atoms with Crippen molar-refractivity contribution in [1.82, 2.24) is 9.97 Å². The Balaban J connectivity index is 2.29. The van der Waals surface area contributed by atoms with Crippen LogP contribution >= 0.6 is 11.6 Å². The van der Waals surface area contributed by atoms with E-state index in [-0.39, 0.29) is 5.75 Å². The number of pyridine rings is 2. The molecule has 0 atom stereocenters. The monoisotopic (exact) mass is 270 g/mol. The van der Waals surface area contributed by atoms with Crippen LogP contribution in [-0.2, 0) is 0 Å². The summed E-state index contributed by atoms with van der Waals surface area (Å²) in [5.74, 6) is 0.0139. The Morgan fingerprint density at radius 3 is 2.68 bits per heavy atom. The molecule has 94 valence electrons. The molecule has 2 heterocycles. The topological polar surface area (TPSA) is 46.0 Å². The van der Waals surface area contributed by atoms with Crippen LogP contribution in [0.3, 0.4) is 0 Å². The predicted molar refractivity (Wildman–Crippen MR) is 76.4 cm³/mol. The molecule has 4 heteroatoms. The van der Waals surface area contributed by atoms with Crippen molar-refractivity contribution >= 4 is 22.5 Å². The van der Waals surface area contributed by atoms with Crippen molar-refractivity contribution in [2.75, 3.05) is 0 Å². The summed E-state index contributed by atoms with van der Waals surface area (Å²) in [6.45, 7) is 1.94. The van der Waals surface area contributed by atoms with Crippen LogP contribution < -0.4 is 0 Å². The lowest BCUT2D eigenvalue weighted by Gasteiger charge is -2.08. The quantitative estimate of drug-likeness (QED) is 0.728. The minimum atomic E-state index is 0.0139. The number of benzene rings is 1. The number of hydrogen-bond donors (Lipinski definition) is 1. The van der Waals surface area contributed by atoms with E-state index in [9.17, 15) is 5.11 Å². The zero-order valence-corrected chi connectivity index (χ0v) is 11.0. The fourth-order valence-electron chi connectivity index (χ4n) is 2.06. The third-order valence-electron chi connectivity index (χ3n) is 3.04. The van der Waals surface area contributed by atoms with Crippen LogP contribution in [-0.4, -0.2) is 15.1 Å². The first-order valence-electron chi connectivity index (χ1n) is 5.87. The summed E-state index contributed by atoms with van der Waals surface area (Å²) in [4.78, 5) is 8.72. The third-order valence-corrected chi connectivity index (χ3v) is 3.33. The Hall–Kier alpha value is -2.13. The highest BCUT2D eigenvalue weighted by Gasteiger charge is 2.11. The number of halogens is 1. The van der Waals surface area contributed by atoms with Crippen LogP contribution in [0.5, 0.6) is 5.75 Å². The lowest BCUT2D eigenvalue weighted by atomic mass is 10.1. The second-order valence-corrected chi connectivity index (χ2v) is 4.74. The summed E-state index contributed by atoms with van der Waals surface area (Å²) in [6, 6.07) is 11.2. The van der Waals surface area contributed by atoms with Crippen molar-refractivity contribution < 1.29 is 5.11 Å². The van der Waals surface area contributed by atoms with Gasteiger partial charge in [-0.2, -0.15) is 0 Å². The largest absolute Gasteiger partial charge is 0.504 e. The number of nitrogens with zero attached hydrogens (tertiary/aromatic N) is 2. The lowest BCUT2D eigenvalue weighted by molar-refractivity contribution is 0.480. The van der Waals surface area contributed by atoms with Crippen molar-refractivity contribution in [2.45, 2.75) is 6.92 Å². The van der Waals surface area contributed by atoms with E-state index in [1.54, 1.807) is 12.3 Å². The molecule has 3 nitrogen and oxygen atoms in total. The van der Waals surface area contributed by atoms with Crippen LogP contribution in [0.15, 0.2) is 42.6 Å². The van der Waals surface area contributed by atoms with Crippen LogP contribution in [0, 0.1) is 6.92 Å². The van der Waals surface area contributed by atoms with Crippen LogP contribution in [0.1, 0.15) is 5.56 Å². The molecular weight excluding hydrogens is 260 g/mol. The Bertz CT molecular complexity index is 757. The first kappa shape index (κ1) is 11.9.